The molecule has 0 aliphatic heterocycles. The van der Waals surface area contributed by atoms with Gasteiger partial charge in [0.05, 0.1) is 5.56 Å². The van der Waals surface area contributed by atoms with Crippen LogP contribution >= 0.6 is 0 Å². The van der Waals surface area contributed by atoms with E-state index in [1.54, 1.807) is 30.6 Å². The van der Waals surface area contributed by atoms with Gasteiger partial charge >= 0.3 is 0 Å². The van der Waals surface area contributed by atoms with Crippen LogP contribution in [-0.4, -0.2) is 28.8 Å². The van der Waals surface area contributed by atoms with Crippen molar-refractivity contribution in [2.75, 3.05) is 18.1 Å². The molecule has 21 heavy (non-hydrogen) atoms. The number of nitrogen functional groups attached to an aromatic ring is 1. The van der Waals surface area contributed by atoms with Crippen LogP contribution in [0.15, 0.2) is 30.6 Å². The largest absolute Gasteiger partial charge is 0.383 e. The maximum atomic E-state index is 11.7. The average Bonchev–Trinajstić information content (AvgIpc) is 2.46. The number of rotatable bonds is 3. The summed E-state index contributed by atoms with van der Waals surface area (Å²) in [7, 11) is 1.52. The molecule has 0 saturated carbocycles. The van der Waals surface area contributed by atoms with E-state index in [9.17, 15) is 9.59 Å². The summed E-state index contributed by atoms with van der Waals surface area (Å²) in [6, 6.07) is 5.10. The zero-order chi connectivity index (χ0) is 15.4. The lowest BCUT2D eigenvalue weighted by Gasteiger charge is -2.08. The van der Waals surface area contributed by atoms with Crippen molar-refractivity contribution < 1.29 is 9.59 Å². The molecule has 2 amide bonds. The van der Waals surface area contributed by atoms with Gasteiger partial charge in [0.1, 0.15) is 11.6 Å². The van der Waals surface area contributed by atoms with Gasteiger partial charge in [-0.3, -0.25) is 9.59 Å². The van der Waals surface area contributed by atoms with Crippen LogP contribution in [0.5, 0.6) is 0 Å². The Bertz CT molecular complexity index is 700. The second kappa shape index (κ2) is 6.00. The summed E-state index contributed by atoms with van der Waals surface area (Å²) >= 11 is 0. The van der Waals surface area contributed by atoms with Crippen LogP contribution in [0.2, 0.25) is 0 Å². The van der Waals surface area contributed by atoms with E-state index in [0.29, 0.717) is 16.9 Å². The lowest BCUT2D eigenvalue weighted by atomic mass is 10.1. The maximum Gasteiger partial charge on any atom is 0.254 e. The van der Waals surface area contributed by atoms with Gasteiger partial charge < -0.3 is 16.4 Å². The number of hydrogen-bond acceptors (Lipinski definition) is 5. The Kier molecular flexibility index (Phi) is 4.13. The molecular formula is C14H15N5O2. The highest BCUT2D eigenvalue weighted by molar-refractivity contribution is 5.99. The monoisotopic (exact) mass is 285 g/mol. The summed E-state index contributed by atoms with van der Waals surface area (Å²) < 4.78 is 0. The maximum absolute atomic E-state index is 11.7. The van der Waals surface area contributed by atoms with Crippen molar-refractivity contribution in [3.63, 3.8) is 0 Å². The highest BCUT2D eigenvalue weighted by Crippen LogP contribution is 2.23. The summed E-state index contributed by atoms with van der Waals surface area (Å²) in [6.45, 7) is 1.41. The Hall–Kier alpha value is -2.96. The Balaban J connectivity index is 2.42. The standard InChI is InChI=1S/C14H15N5O2/c1-8(20)19-12-6-9(3-4-17-12)10-5-11(14(21)16-2)13(15)18-7-10/h3-7H,1-2H3,(H2,15,18)(H,16,21)(H,17,19,20). The van der Waals surface area contributed by atoms with Crippen molar-refractivity contribution in [2.45, 2.75) is 6.92 Å². The second-order valence-electron chi connectivity index (χ2n) is 4.35. The Morgan fingerprint density at radius 1 is 1.19 bits per heavy atom. The topological polar surface area (TPSA) is 110 Å². The first-order valence-corrected chi connectivity index (χ1v) is 6.23. The predicted octanol–water partition coefficient (Wildman–Crippen LogP) is 1.04. The normalized spacial score (nSPS) is 10.0. The Morgan fingerprint density at radius 3 is 2.62 bits per heavy atom. The molecular weight excluding hydrogens is 270 g/mol. The van der Waals surface area contributed by atoms with Gasteiger partial charge in [0, 0.05) is 31.9 Å². The number of hydrogen-bond donors (Lipinski definition) is 3. The predicted molar refractivity (Wildman–Crippen MR) is 79.6 cm³/mol. The molecule has 2 aromatic rings. The lowest BCUT2D eigenvalue weighted by Crippen LogP contribution is -2.20. The zero-order valence-corrected chi connectivity index (χ0v) is 11.7. The number of carbonyl (C=O) groups excluding carboxylic acids is 2. The molecule has 2 heterocycles. The summed E-state index contributed by atoms with van der Waals surface area (Å²) in [6.07, 6.45) is 3.13. The fraction of sp³-hybridized carbons (Fsp3) is 0.143. The molecule has 0 bridgehead atoms. The minimum Gasteiger partial charge on any atom is -0.383 e. The molecule has 7 heteroatoms. The van der Waals surface area contributed by atoms with Gasteiger partial charge in [0.15, 0.2) is 0 Å². The molecule has 0 atom stereocenters. The third-order valence-corrected chi connectivity index (χ3v) is 2.79. The Morgan fingerprint density at radius 2 is 1.95 bits per heavy atom. The first kappa shape index (κ1) is 14.4. The molecule has 2 rings (SSSR count). The SMILES string of the molecule is CNC(=O)c1cc(-c2ccnc(NC(C)=O)c2)cnc1N. The van der Waals surface area contributed by atoms with Gasteiger partial charge in [-0.25, -0.2) is 9.97 Å². The molecule has 7 nitrogen and oxygen atoms in total. The number of anilines is 2. The van der Waals surface area contributed by atoms with Crippen molar-refractivity contribution in [1.82, 2.24) is 15.3 Å². The zero-order valence-electron chi connectivity index (χ0n) is 11.7. The average molecular weight is 285 g/mol. The number of nitrogens with two attached hydrogens (primary N) is 1. The van der Waals surface area contributed by atoms with E-state index in [4.69, 9.17) is 5.73 Å². The van der Waals surface area contributed by atoms with Crippen LogP contribution in [0.1, 0.15) is 17.3 Å². The van der Waals surface area contributed by atoms with Crippen molar-refractivity contribution in [1.29, 1.82) is 0 Å². The van der Waals surface area contributed by atoms with Gasteiger partial charge in [0.2, 0.25) is 5.91 Å². The molecule has 0 radical (unpaired) electrons. The fourth-order valence-electron chi connectivity index (χ4n) is 1.81. The number of nitrogens with zero attached hydrogens (tertiary/aromatic N) is 2. The van der Waals surface area contributed by atoms with Gasteiger partial charge in [-0.2, -0.15) is 0 Å². The fourth-order valence-corrected chi connectivity index (χ4v) is 1.81. The van der Waals surface area contributed by atoms with Crippen LogP contribution in [-0.2, 0) is 4.79 Å². The molecule has 0 aliphatic carbocycles. The summed E-state index contributed by atoms with van der Waals surface area (Å²) in [5.41, 5.74) is 7.47. The van der Waals surface area contributed by atoms with Crippen LogP contribution in [0.4, 0.5) is 11.6 Å². The molecule has 4 N–H and O–H groups in total. The number of carbonyl (C=O) groups is 2. The van der Waals surface area contributed by atoms with E-state index in [1.807, 2.05) is 0 Å². The molecule has 108 valence electrons. The van der Waals surface area contributed by atoms with E-state index >= 15 is 0 Å². The van der Waals surface area contributed by atoms with Gasteiger partial charge in [-0.05, 0) is 23.8 Å². The smallest absolute Gasteiger partial charge is 0.254 e. The third kappa shape index (κ3) is 3.33. The highest BCUT2D eigenvalue weighted by Gasteiger charge is 2.11. The number of amides is 2. The highest BCUT2D eigenvalue weighted by atomic mass is 16.2. The van der Waals surface area contributed by atoms with E-state index in [0.717, 1.165) is 5.56 Å². The van der Waals surface area contributed by atoms with E-state index in [-0.39, 0.29) is 17.6 Å². The van der Waals surface area contributed by atoms with E-state index in [1.165, 1.54) is 14.0 Å². The van der Waals surface area contributed by atoms with Gasteiger partial charge in [-0.1, -0.05) is 0 Å². The van der Waals surface area contributed by atoms with Crippen molar-refractivity contribution in [3.8, 4) is 11.1 Å². The Labute approximate surface area is 121 Å². The molecule has 0 unspecified atom stereocenters. The molecule has 0 saturated heterocycles. The quantitative estimate of drug-likeness (QED) is 0.780. The molecule has 0 spiro atoms. The van der Waals surface area contributed by atoms with Crippen LogP contribution in [0.25, 0.3) is 11.1 Å². The van der Waals surface area contributed by atoms with Gasteiger partial charge in [-0.15, -0.1) is 0 Å². The van der Waals surface area contributed by atoms with Crippen LogP contribution < -0.4 is 16.4 Å². The minimum absolute atomic E-state index is 0.161. The first-order valence-electron chi connectivity index (χ1n) is 6.23. The van der Waals surface area contributed by atoms with Crippen molar-refractivity contribution in [2.24, 2.45) is 0 Å². The summed E-state index contributed by atoms with van der Waals surface area (Å²) in [5, 5.41) is 5.11. The minimum atomic E-state index is -0.307. The molecule has 0 fully saturated rings. The van der Waals surface area contributed by atoms with E-state index in [2.05, 4.69) is 20.6 Å². The van der Waals surface area contributed by atoms with Crippen LogP contribution in [0, 0.1) is 0 Å². The number of pyridine rings is 2. The lowest BCUT2D eigenvalue weighted by molar-refractivity contribution is -0.114. The first-order chi connectivity index (χ1) is 10.0. The van der Waals surface area contributed by atoms with Crippen LogP contribution in [0.3, 0.4) is 0 Å². The molecule has 2 aromatic heterocycles. The third-order valence-electron chi connectivity index (χ3n) is 2.79. The van der Waals surface area contributed by atoms with Gasteiger partial charge in [0.25, 0.3) is 5.91 Å². The van der Waals surface area contributed by atoms with Crippen molar-refractivity contribution in [3.05, 3.63) is 36.2 Å². The van der Waals surface area contributed by atoms with Crippen molar-refractivity contribution >= 4 is 23.5 Å². The number of nitrogens with one attached hydrogen (secondary N) is 2. The molecule has 0 aromatic carbocycles. The number of aromatic nitrogens is 2. The van der Waals surface area contributed by atoms with E-state index < -0.39 is 0 Å². The summed E-state index contributed by atoms with van der Waals surface area (Å²) in [4.78, 5) is 30.8. The summed E-state index contributed by atoms with van der Waals surface area (Å²) in [5.74, 6) is 0.0756. The molecule has 0 aliphatic rings. The second-order valence-corrected chi connectivity index (χ2v) is 4.35.